The molecule has 0 bridgehead atoms. The molecule has 32 heavy (non-hydrogen) atoms. The van der Waals surface area contributed by atoms with Gasteiger partial charge >= 0.3 is 0 Å². The topological polar surface area (TPSA) is 109 Å². The quantitative estimate of drug-likeness (QED) is 0.405. The SMILES string of the molecule is CNC(=O)CN1CCC(NC(=NCc2ccc(OC)cc2)NCc2nnc(C)n2C)CC1. The predicted molar refractivity (Wildman–Crippen MR) is 123 cm³/mol. The molecule has 0 spiro atoms. The third-order valence-corrected chi connectivity index (χ3v) is 5.75. The van der Waals surface area contributed by atoms with E-state index in [2.05, 4.69) is 31.0 Å². The number of benzene rings is 1. The molecule has 1 aliphatic rings. The number of guanidine groups is 1. The van der Waals surface area contributed by atoms with Gasteiger partial charge in [-0.1, -0.05) is 12.1 Å². The van der Waals surface area contributed by atoms with Crippen LogP contribution in [-0.4, -0.2) is 71.4 Å². The molecule has 2 heterocycles. The summed E-state index contributed by atoms with van der Waals surface area (Å²) in [7, 11) is 5.29. The summed E-state index contributed by atoms with van der Waals surface area (Å²) >= 11 is 0. The standard InChI is InChI=1S/C22H34N8O2/c1-16-27-28-20(29(16)3)14-25-22(24-13-17-5-7-19(32-4)8-6-17)26-18-9-11-30(12-10-18)15-21(31)23-2/h5-8,18H,9-15H2,1-4H3,(H,23,31)(H2,24,25,26). The van der Waals surface area contributed by atoms with Crippen LogP contribution in [0.2, 0.25) is 0 Å². The summed E-state index contributed by atoms with van der Waals surface area (Å²) in [5, 5.41) is 18.0. The third kappa shape index (κ3) is 6.68. The molecular weight excluding hydrogens is 408 g/mol. The fourth-order valence-corrected chi connectivity index (χ4v) is 3.53. The number of carbonyl (C=O) groups is 1. The van der Waals surface area contributed by atoms with Crippen molar-refractivity contribution in [2.24, 2.45) is 12.0 Å². The zero-order valence-electron chi connectivity index (χ0n) is 19.4. The Balaban J connectivity index is 1.61. The van der Waals surface area contributed by atoms with Crippen molar-refractivity contribution in [3.63, 3.8) is 0 Å². The Bertz CT molecular complexity index is 901. The highest BCUT2D eigenvalue weighted by Gasteiger charge is 2.21. The number of likely N-dealkylation sites (N-methyl/N-ethyl adjacent to an activating group) is 1. The Morgan fingerprint density at radius 1 is 1.22 bits per heavy atom. The number of nitrogens with zero attached hydrogens (tertiary/aromatic N) is 5. The van der Waals surface area contributed by atoms with Crippen molar-refractivity contribution in [2.45, 2.75) is 38.9 Å². The zero-order valence-corrected chi connectivity index (χ0v) is 19.4. The van der Waals surface area contributed by atoms with Gasteiger partial charge in [-0.05, 0) is 37.5 Å². The van der Waals surface area contributed by atoms with Gasteiger partial charge in [0, 0.05) is 33.2 Å². The van der Waals surface area contributed by atoms with E-state index in [1.165, 1.54) is 0 Å². The fraction of sp³-hybridized carbons (Fsp3) is 0.545. The monoisotopic (exact) mass is 442 g/mol. The van der Waals surface area contributed by atoms with Crippen LogP contribution in [0.25, 0.3) is 0 Å². The maximum absolute atomic E-state index is 11.6. The Labute approximate surface area is 189 Å². The summed E-state index contributed by atoms with van der Waals surface area (Å²) < 4.78 is 7.19. The lowest BCUT2D eigenvalue weighted by Crippen LogP contribution is -2.50. The molecule has 3 rings (SSSR count). The fourth-order valence-electron chi connectivity index (χ4n) is 3.53. The van der Waals surface area contributed by atoms with Gasteiger partial charge in [-0.2, -0.15) is 0 Å². The summed E-state index contributed by atoms with van der Waals surface area (Å²) in [5.74, 6) is 3.34. The van der Waals surface area contributed by atoms with Gasteiger partial charge in [0.25, 0.3) is 0 Å². The van der Waals surface area contributed by atoms with Gasteiger partial charge in [-0.3, -0.25) is 9.69 Å². The van der Waals surface area contributed by atoms with Gasteiger partial charge in [0.2, 0.25) is 5.91 Å². The van der Waals surface area contributed by atoms with E-state index in [-0.39, 0.29) is 5.91 Å². The molecule has 10 heteroatoms. The van der Waals surface area contributed by atoms with E-state index in [0.29, 0.717) is 25.7 Å². The molecule has 0 aliphatic carbocycles. The van der Waals surface area contributed by atoms with E-state index in [4.69, 9.17) is 9.73 Å². The van der Waals surface area contributed by atoms with Crippen LogP contribution in [0.3, 0.4) is 0 Å². The molecule has 0 radical (unpaired) electrons. The minimum Gasteiger partial charge on any atom is -0.497 e. The van der Waals surface area contributed by atoms with Crippen molar-refractivity contribution in [3.05, 3.63) is 41.5 Å². The van der Waals surface area contributed by atoms with Gasteiger partial charge in [0.1, 0.15) is 11.6 Å². The molecule has 1 amide bonds. The highest BCUT2D eigenvalue weighted by atomic mass is 16.5. The summed E-state index contributed by atoms with van der Waals surface area (Å²) in [6, 6.07) is 8.21. The summed E-state index contributed by atoms with van der Waals surface area (Å²) in [6.07, 6.45) is 1.90. The molecule has 0 saturated carbocycles. The molecule has 1 aliphatic heterocycles. The second-order valence-electron chi connectivity index (χ2n) is 7.96. The van der Waals surface area contributed by atoms with Crippen molar-refractivity contribution >= 4 is 11.9 Å². The molecule has 0 atom stereocenters. The van der Waals surface area contributed by atoms with Gasteiger partial charge < -0.3 is 25.3 Å². The number of carbonyl (C=O) groups excluding carboxylic acids is 1. The normalized spacial score (nSPS) is 15.4. The van der Waals surface area contributed by atoms with E-state index in [0.717, 1.165) is 54.9 Å². The molecule has 2 aromatic rings. The molecule has 10 nitrogen and oxygen atoms in total. The first kappa shape index (κ1) is 23.5. The van der Waals surface area contributed by atoms with Crippen LogP contribution in [0.1, 0.15) is 30.1 Å². The predicted octanol–water partition coefficient (Wildman–Crippen LogP) is 0.578. The molecule has 3 N–H and O–H groups in total. The Morgan fingerprint density at radius 2 is 1.94 bits per heavy atom. The summed E-state index contributed by atoms with van der Waals surface area (Å²) in [6.45, 7) is 5.21. The van der Waals surface area contributed by atoms with E-state index >= 15 is 0 Å². The van der Waals surface area contributed by atoms with Crippen molar-refractivity contribution in [2.75, 3.05) is 33.8 Å². The molecule has 1 aromatic carbocycles. The Hall–Kier alpha value is -3.14. The number of hydrogen-bond acceptors (Lipinski definition) is 6. The summed E-state index contributed by atoms with van der Waals surface area (Å²) in [4.78, 5) is 18.6. The highest BCUT2D eigenvalue weighted by molar-refractivity contribution is 5.80. The van der Waals surface area contributed by atoms with Gasteiger partial charge in [-0.25, -0.2) is 4.99 Å². The maximum Gasteiger partial charge on any atom is 0.233 e. The number of nitrogens with one attached hydrogen (secondary N) is 3. The first-order valence-electron chi connectivity index (χ1n) is 10.9. The number of aromatic nitrogens is 3. The van der Waals surface area contributed by atoms with E-state index in [9.17, 15) is 4.79 Å². The number of aliphatic imine (C=N–C) groups is 1. The largest absolute Gasteiger partial charge is 0.497 e. The second-order valence-corrected chi connectivity index (χ2v) is 7.96. The number of likely N-dealkylation sites (tertiary alicyclic amines) is 1. The number of amides is 1. The van der Waals surface area contributed by atoms with E-state index in [1.54, 1.807) is 14.2 Å². The van der Waals surface area contributed by atoms with Crippen molar-refractivity contribution in [1.82, 2.24) is 35.6 Å². The first-order chi connectivity index (χ1) is 15.5. The second kappa shape index (κ2) is 11.5. The number of rotatable bonds is 8. The van der Waals surface area contributed by atoms with Crippen LogP contribution in [-0.2, 0) is 24.9 Å². The number of methoxy groups -OCH3 is 1. The molecule has 1 aromatic heterocycles. The van der Waals surface area contributed by atoms with Crippen molar-refractivity contribution < 1.29 is 9.53 Å². The lowest BCUT2D eigenvalue weighted by Gasteiger charge is -2.32. The van der Waals surface area contributed by atoms with Crippen LogP contribution in [0.4, 0.5) is 0 Å². The smallest absolute Gasteiger partial charge is 0.233 e. The highest BCUT2D eigenvalue weighted by Crippen LogP contribution is 2.13. The lowest BCUT2D eigenvalue weighted by atomic mass is 10.1. The van der Waals surface area contributed by atoms with Gasteiger partial charge in [-0.15, -0.1) is 10.2 Å². The molecular formula is C22H34N8O2. The molecule has 174 valence electrons. The summed E-state index contributed by atoms with van der Waals surface area (Å²) in [5.41, 5.74) is 1.10. The van der Waals surface area contributed by atoms with E-state index in [1.807, 2.05) is 42.8 Å². The van der Waals surface area contributed by atoms with Crippen LogP contribution in [0.15, 0.2) is 29.3 Å². The lowest BCUT2D eigenvalue weighted by molar-refractivity contribution is -0.122. The van der Waals surface area contributed by atoms with Crippen LogP contribution >= 0.6 is 0 Å². The minimum absolute atomic E-state index is 0.0544. The Morgan fingerprint density at radius 3 is 2.53 bits per heavy atom. The number of aryl methyl sites for hydroxylation is 1. The number of piperidine rings is 1. The average Bonchev–Trinajstić information content (AvgIpc) is 3.14. The molecule has 1 saturated heterocycles. The number of hydrogen-bond donors (Lipinski definition) is 3. The van der Waals surface area contributed by atoms with Gasteiger partial charge in [0.05, 0.1) is 26.7 Å². The van der Waals surface area contributed by atoms with E-state index < -0.39 is 0 Å². The average molecular weight is 443 g/mol. The molecule has 1 fully saturated rings. The Kier molecular flexibility index (Phi) is 8.43. The van der Waals surface area contributed by atoms with Crippen LogP contribution in [0, 0.1) is 6.92 Å². The van der Waals surface area contributed by atoms with Crippen molar-refractivity contribution in [3.8, 4) is 5.75 Å². The maximum atomic E-state index is 11.6. The van der Waals surface area contributed by atoms with Crippen LogP contribution in [0.5, 0.6) is 5.75 Å². The minimum atomic E-state index is 0.0544. The zero-order chi connectivity index (χ0) is 22.9. The van der Waals surface area contributed by atoms with Crippen molar-refractivity contribution in [1.29, 1.82) is 0 Å². The first-order valence-corrected chi connectivity index (χ1v) is 10.9. The molecule has 0 unspecified atom stereocenters. The van der Waals surface area contributed by atoms with Crippen LogP contribution < -0.4 is 20.7 Å². The third-order valence-electron chi connectivity index (χ3n) is 5.75. The van der Waals surface area contributed by atoms with Gasteiger partial charge in [0.15, 0.2) is 11.8 Å². The number of ether oxygens (including phenoxy) is 1.